The molecule has 0 saturated heterocycles. The lowest BCUT2D eigenvalue weighted by Gasteiger charge is -2.06. The van der Waals surface area contributed by atoms with Crippen molar-refractivity contribution in [2.45, 2.75) is 13.5 Å². The normalized spacial score (nSPS) is 10.4. The Labute approximate surface area is 113 Å². The molecular weight excluding hydrogens is 275 g/mol. The van der Waals surface area contributed by atoms with Gasteiger partial charge in [0, 0.05) is 10.4 Å². The van der Waals surface area contributed by atoms with E-state index in [-0.39, 0.29) is 17.2 Å². The maximum Gasteiger partial charge on any atom is 0.348 e. The van der Waals surface area contributed by atoms with Gasteiger partial charge in [-0.05, 0) is 31.2 Å². The van der Waals surface area contributed by atoms with E-state index in [1.807, 2.05) is 13.0 Å². The second-order valence-corrected chi connectivity index (χ2v) is 5.38. The van der Waals surface area contributed by atoms with Gasteiger partial charge in [0.05, 0.1) is 5.02 Å². The minimum atomic E-state index is -0.474. The maximum atomic E-state index is 13.4. The van der Waals surface area contributed by atoms with Gasteiger partial charge in [-0.2, -0.15) is 0 Å². The first-order valence-electron chi connectivity index (χ1n) is 5.24. The Balaban J connectivity index is 2.06. The molecule has 0 aliphatic heterocycles. The van der Waals surface area contributed by atoms with Crippen LogP contribution in [-0.2, 0) is 11.3 Å². The predicted octanol–water partition coefficient (Wildman–Crippen LogP) is 4.21. The minimum Gasteiger partial charge on any atom is -0.456 e. The van der Waals surface area contributed by atoms with E-state index in [9.17, 15) is 9.18 Å². The van der Waals surface area contributed by atoms with Crippen LogP contribution in [0.4, 0.5) is 4.39 Å². The van der Waals surface area contributed by atoms with Crippen molar-refractivity contribution < 1.29 is 13.9 Å². The van der Waals surface area contributed by atoms with Crippen LogP contribution in [-0.4, -0.2) is 5.97 Å². The molecule has 0 bridgehead atoms. The molecule has 2 nitrogen and oxygen atoms in total. The number of thiophene rings is 1. The van der Waals surface area contributed by atoms with Crippen molar-refractivity contribution in [3.05, 3.63) is 56.5 Å². The molecule has 94 valence electrons. The number of rotatable bonds is 3. The highest BCUT2D eigenvalue weighted by Gasteiger charge is 2.13. The number of carbonyl (C=O) groups excluding carboxylic acids is 1. The molecule has 0 radical (unpaired) electrons. The zero-order valence-electron chi connectivity index (χ0n) is 9.57. The molecular formula is C13H10ClFO2S. The number of benzene rings is 1. The second-order valence-electron chi connectivity index (χ2n) is 3.69. The molecule has 0 aliphatic carbocycles. The van der Waals surface area contributed by atoms with E-state index in [0.29, 0.717) is 4.88 Å². The van der Waals surface area contributed by atoms with Gasteiger partial charge in [-0.15, -0.1) is 11.3 Å². The van der Waals surface area contributed by atoms with E-state index in [4.69, 9.17) is 16.3 Å². The van der Waals surface area contributed by atoms with Crippen LogP contribution in [0.15, 0.2) is 30.3 Å². The van der Waals surface area contributed by atoms with Crippen molar-refractivity contribution in [3.63, 3.8) is 0 Å². The third-order valence-corrected chi connectivity index (χ3v) is 3.69. The lowest BCUT2D eigenvalue weighted by molar-refractivity contribution is 0.0475. The number of esters is 1. The Bertz CT molecular complexity index is 560. The molecule has 0 fully saturated rings. The van der Waals surface area contributed by atoms with E-state index < -0.39 is 11.8 Å². The third kappa shape index (κ3) is 2.89. The van der Waals surface area contributed by atoms with Crippen LogP contribution in [0, 0.1) is 12.7 Å². The Morgan fingerprint density at radius 2 is 2.17 bits per heavy atom. The molecule has 0 N–H and O–H groups in total. The van der Waals surface area contributed by atoms with E-state index in [2.05, 4.69) is 0 Å². The summed E-state index contributed by atoms with van der Waals surface area (Å²) < 4.78 is 18.5. The summed E-state index contributed by atoms with van der Waals surface area (Å²) in [6, 6.07) is 7.86. The van der Waals surface area contributed by atoms with Crippen LogP contribution in [0.1, 0.15) is 20.1 Å². The fraction of sp³-hybridized carbons (Fsp3) is 0.154. The van der Waals surface area contributed by atoms with Crippen LogP contribution in [0.25, 0.3) is 0 Å². The minimum absolute atomic E-state index is 0.165. The van der Waals surface area contributed by atoms with Crippen molar-refractivity contribution in [2.75, 3.05) is 0 Å². The largest absolute Gasteiger partial charge is 0.456 e. The average Bonchev–Trinajstić information content (AvgIpc) is 2.75. The van der Waals surface area contributed by atoms with Gasteiger partial charge in [-0.25, -0.2) is 9.18 Å². The van der Waals surface area contributed by atoms with Crippen molar-refractivity contribution in [3.8, 4) is 0 Å². The summed E-state index contributed by atoms with van der Waals surface area (Å²) in [5.74, 6) is -0.940. The molecule has 0 spiro atoms. The maximum absolute atomic E-state index is 13.4. The molecule has 0 aliphatic rings. The Hall–Kier alpha value is -1.39. The summed E-state index contributed by atoms with van der Waals surface area (Å²) in [7, 11) is 0. The molecule has 0 saturated carbocycles. The highest BCUT2D eigenvalue weighted by atomic mass is 35.5. The van der Waals surface area contributed by atoms with Gasteiger partial charge in [0.1, 0.15) is 17.3 Å². The van der Waals surface area contributed by atoms with Gasteiger partial charge in [-0.1, -0.05) is 17.7 Å². The van der Waals surface area contributed by atoms with Crippen molar-refractivity contribution in [1.82, 2.24) is 0 Å². The monoisotopic (exact) mass is 284 g/mol. The summed E-state index contributed by atoms with van der Waals surface area (Å²) in [4.78, 5) is 13.2. The predicted molar refractivity (Wildman–Crippen MR) is 69.6 cm³/mol. The Kier molecular flexibility index (Phi) is 3.99. The first kappa shape index (κ1) is 13.1. The zero-order valence-corrected chi connectivity index (χ0v) is 11.1. The topological polar surface area (TPSA) is 26.3 Å². The Morgan fingerprint density at radius 3 is 2.78 bits per heavy atom. The van der Waals surface area contributed by atoms with E-state index >= 15 is 0 Å². The summed E-state index contributed by atoms with van der Waals surface area (Å²) in [6.45, 7) is 1.73. The van der Waals surface area contributed by atoms with Crippen LogP contribution < -0.4 is 0 Å². The Morgan fingerprint density at radius 1 is 1.39 bits per heavy atom. The highest BCUT2D eigenvalue weighted by molar-refractivity contribution is 7.13. The lowest BCUT2D eigenvalue weighted by atomic mass is 10.2. The smallest absolute Gasteiger partial charge is 0.348 e. The van der Waals surface area contributed by atoms with E-state index in [1.54, 1.807) is 12.1 Å². The first-order valence-corrected chi connectivity index (χ1v) is 6.44. The fourth-order valence-corrected chi connectivity index (χ4v) is 2.40. The quantitative estimate of drug-likeness (QED) is 0.789. The summed E-state index contributed by atoms with van der Waals surface area (Å²) >= 11 is 7.17. The first-order chi connectivity index (χ1) is 8.58. The molecule has 1 aromatic carbocycles. The van der Waals surface area contributed by atoms with Crippen LogP contribution in [0.3, 0.4) is 0 Å². The van der Waals surface area contributed by atoms with Crippen molar-refractivity contribution >= 4 is 28.9 Å². The summed E-state index contributed by atoms with van der Waals surface area (Å²) in [5, 5.41) is 0.255. The molecule has 0 unspecified atom stereocenters. The number of hydrogen-bond acceptors (Lipinski definition) is 3. The van der Waals surface area contributed by atoms with Crippen LogP contribution in [0.5, 0.6) is 0 Å². The van der Waals surface area contributed by atoms with Gasteiger partial charge in [0.2, 0.25) is 0 Å². The second kappa shape index (κ2) is 5.50. The standard InChI is InChI=1S/C13H10ClFO2S/c1-8-5-6-12(18-8)13(16)17-7-9-10(14)3-2-4-11(9)15/h2-6H,7H2,1H3. The van der Waals surface area contributed by atoms with Crippen molar-refractivity contribution in [1.29, 1.82) is 0 Å². The molecule has 2 aromatic rings. The summed E-state index contributed by atoms with van der Waals surface area (Å²) in [6.07, 6.45) is 0. The van der Waals surface area contributed by atoms with Gasteiger partial charge in [-0.3, -0.25) is 0 Å². The third-order valence-electron chi connectivity index (χ3n) is 2.35. The fourth-order valence-electron chi connectivity index (χ4n) is 1.42. The molecule has 5 heteroatoms. The lowest BCUT2D eigenvalue weighted by Crippen LogP contribution is -2.04. The van der Waals surface area contributed by atoms with Gasteiger partial charge >= 0.3 is 5.97 Å². The SMILES string of the molecule is Cc1ccc(C(=O)OCc2c(F)cccc2Cl)s1. The zero-order chi connectivity index (χ0) is 13.1. The van der Waals surface area contributed by atoms with Gasteiger partial charge in [0.25, 0.3) is 0 Å². The van der Waals surface area contributed by atoms with E-state index in [0.717, 1.165) is 4.88 Å². The van der Waals surface area contributed by atoms with Crippen molar-refractivity contribution in [2.24, 2.45) is 0 Å². The highest BCUT2D eigenvalue weighted by Crippen LogP contribution is 2.21. The number of aryl methyl sites for hydroxylation is 1. The molecule has 0 amide bonds. The number of hydrogen-bond donors (Lipinski definition) is 0. The molecule has 0 atom stereocenters. The molecule has 2 rings (SSSR count). The van der Waals surface area contributed by atoms with Crippen LogP contribution >= 0.6 is 22.9 Å². The van der Waals surface area contributed by atoms with E-state index in [1.165, 1.54) is 23.5 Å². The molecule has 1 heterocycles. The number of carbonyl (C=O) groups is 1. The van der Waals surface area contributed by atoms with Crippen LogP contribution in [0.2, 0.25) is 5.02 Å². The van der Waals surface area contributed by atoms with Gasteiger partial charge < -0.3 is 4.74 Å². The van der Waals surface area contributed by atoms with Gasteiger partial charge in [0.15, 0.2) is 0 Å². The molecule has 1 aromatic heterocycles. The number of ether oxygens (including phenoxy) is 1. The number of halogens is 2. The summed E-state index contributed by atoms with van der Waals surface area (Å²) in [5.41, 5.74) is 0.195. The molecule has 18 heavy (non-hydrogen) atoms. The average molecular weight is 285 g/mol.